The largest absolute Gasteiger partial charge is 0.490 e. The molecule has 0 unspecified atom stereocenters. The maximum Gasteiger partial charge on any atom is 0.490 e. The lowest BCUT2D eigenvalue weighted by Crippen LogP contribution is -2.26. The van der Waals surface area contributed by atoms with Crippen molar-refractivity contribution in [3.8, 4) is 17.2 Å². The summed E-state index contributed by atoms with van der Waals surface area (Å²) in [7, 11) is 0. The third kappa shape index (κ3) is 8.86. The zero-order valence-electron chi connectivity index (χ0n) is 19.2. The molecule has 0 spiro atoms. The highest BCUT2D eigenvalue weighted by Gasteiger charge is 2.38. The summed E-state index contributed by atoms with van der Waals surface area (Å²) in [5, 5.41) is 7.12. The van der Waals surface area contributed by atoms with Gasteiger partial charge >= 0.3 is 12.1 Å². The molecule has 3 aromatic rings. The Morgan fingerprint density at radius 2 is 1.86 bits per heavy atom. The van der Waals surface area contributed by atoms with Crippen LogP contribution in [0.4, 0.5) is 19.1 Å². The van der Waals surface area contributed by atoms with Crippen LogP contribution in [0, 0.1) is 0 Å². The van der Waals surface area contributed by atoms with Crippen LogP contribution in [0.3, 0.4) is 0 Å². The molecule has 9 nitrogen and oxygen atoms in total. The topological polar surface area (TPSA) is 130 Å². The first-order chi connectivity index (χ1) is 17.2. The summed E-state index contributed by atoms with van der Waals surface area (Å²) in [6, 6.07) is 14.0. The number of hydrogen-bond acceptors (Lipinski definition) is 8. The van der Waals surface area contributed by atoms with Crippen molar-refractivity contribution >= 4 is 11.9 Å². The smallest absolute Gasteiger partial charge is 0.477 e. The van der Waals surface area contributed by atoms with Crippen molar-refractivity contribution in [3.05, 3.63) is 60.0 Å². The van der Waals surface area contributed by atoms with Gasteiger partial charge in [0.25, 0.3) is 0 Å². The number of aliphatic carboxylic acids is 1. The van der Waals surface area contributed by atoms with Gasteiger partial charge in [-0.25, -0.2) is 9.78 Å². The molecule has 1 saturated heterocycles. The number of nitrogens with two attached hydrogens (primary N) is 1. The Morgan fingerprint density at radius 1 is 1.11 bits per heavy atom. The van der Waals surface area contributed by atoms with E-state index < -0.39 is 12.1 Å². The van der Waals surface area contributed by atoms with Gasteiger partial charge in [-0.15, -0.1) is 0 Å². The second-order valence-corrected chi connectivity index (χ2v) is 7.70. The molecular weight excluding hydrogens is 483 g/mol. The van der Waals surface area contributed by atoms with Crippen molar-refractivity contribution < 1.29 is 41.7 Å². The monoisotopic (exact) mass is 509 g/mol. The maximum atomic E-state index is 10.6. The van der Waals surface area contributed by atoms with Gasteiger partial charge in [0.15, 0.2) is 6.29 Å². The van der Waals surface area contributed by atoms with Crippen LogP contribution in [0.25, 0.3) is 11.3 Å². The fourth-order valence-electron chi connectivity index (χ4n) is 3.25. The average Bonchev–Trinajstić information content (AvgIpc) is 3.38. The van der Waals surface area contributed by atoms with Crippen molar-refractivity contribution in [2.24, 2.45) is 0 Å². The quantitative estimate of drug-likeness (QED) is 0.457. The molecule has 1 fully saturated rings. The van der Waals surface area contributed by atoms with E-state index in [0.29, 0.717) is 18.9 Å². The molecule has 3 N–H and O–H groups in total. The molecule has 0 aliphatic carbocycles. The molecule has 0 bridgehead atoms. The molecular formula is C24H26F3N3O6. The highest BCUT2D eigenvalue weighted by molar-refractivity contribution is 5.73. The van der Waals surface area contributed by atoms with E-state index in [0.717, 1.165) is 49.5 Å². The Bertz CT molecular complexity index is 1100. The fourth-order valence-corrected chi connectivity index (χ4v) is 3.25. The van der Waals surface area contributed by atoms with Gasteiger partial charge in [-0.2, -0.15) is 18.2 Å². The predicted molar refractivity (Wildman–Crippen MR) is 122 cm³/mol. The number of carboxylic acid groups (broad SMARTS) is 1. The lowest BCUT2D eigenvalue weighted by atomic mass is 10.0. The van der Waals surface area contributed by atoms with Gasteiger partial charge in [0, 0.05) is 18.1 Å². The predicted octanol–water partition coefficient (Wildman–Crippen LogP) is 4.27. The van der Waals surface area contributed by atoms with Gasteiger partial charge in [0.2, 0.25) is 11.8 Å². The number of alkyl halides is 3. The van der Waals surface area contributed by atoms with Crippen LogP contribution < -0.4 is 10.5 Å². The minimum Gasteiger partial charge on any atom is -0.477 e. The molecule has 1 aliphatic heterocycles. The van der Waals surface area contributed by atoms with Gasteiger partial charge in [0.05, 0.1) is 31.8 Å². The van der Waals surface area contributed by atoms with Crippen LogP contribution in [0.2, 0.25) is 0 Å². The molecule has 2 aromatic heterocycles. The van der Waals surface area contributed by atoms with E-state index in [1.165, 1.54) is 5.56 Å². The second-order valence-electron chi connectivity index (χ2n) is 7.70. The summed E-state index contributed by atoms with van der Waals surface area (Å²) in [5.41, 5.74) is 8.98. The number of aryl methyl sites for hydroxylation is 2. The number of rotatable bonds is 8. The fraction of sp³-hybridized carbons (Fsp3) is 0.375. The molecule has 0 saturated carbocycles. The Balaban J connectivity index is 0.000000454. The summed E-state index contributed by atoms with van der Waals surface area (Å²) in [6.45, 7) is 1.92. The number of ether oxygens (including phenoxy) is 3. The first-order valence-electron chi connectivity index (χ1n) is 11.1. The molecule has 0 radical (unpaired) electrons. The normalized spacial score (nSPS) is 14.1. The van der Waals surface area contributed by atoms with E-state index in [2.05, 4.69) is 22.1 Å². The first-order valence-corrected chi connectivity index (χ1v) is 11.1. The minimum atomic E-state index is -5.08. The number of aromatic nitrogens is 2. The lowest BCUT2D eigenvalue weighted by Gasteiger charge is -2.22. The number of benzene rings is 1. The van der Waals surface area contributed by atoms with Crippen molar-refractivity contribution in [1.29, 1.82) is 0 Å². The van der Waals surface area contributed by atoms with Crippen LogP contribution in [0.5, 0.6) is 5.88 Å². The number of furan rings is 1. The van der Waals surface area contributed by atoms with Crippen molar-refractivity contribution in [2.45, 2.75) is 38.1 Å². The van der Waals surface area contributed by atoms with E-state index >= 15 is 0 Å². The van der Waals surface area contributed by atoms with E-state index in [1.807, 2.05) is 30.3 Å². The third-order valence-electron chi connectivity index (χ3n) is 4.92. The summed E-state index contributed by atoms with van der Waals surface area (Å²) in [5.74, 6) is -1.20. The molecule has 194 valence electrons. The standard InChI is InChI=1S/C22H25N3O4.C2HF3O2/c23-22-24-18(15-20(25-22)27-13-9-21-28-11-3-12-29-21)8-7-16-4-1-5-17(14-16)19-6-2-10-26-19;3-2(4,5)1(6)7/h1-2,4-6,10,14-15,21H,3,7-9,11-13H2,(H2,23,24,25);(H,6,7). The molecule has 12 heteroatoms. The van der Waals surface area contributed by atoms with E-state index in [9.17, 15) is 13.2 Å². The summed E-state index contributed by atoms with van der Waals surface area (Å²) >= 11 is 0. The van der Waals surface area contributed by atoms with E-state index in [-0.39, 0.29) is 12.2 Å². The number of carbonyl (C=O) groups is 1. The SMILES string of the molecule is Nc1nc(CCc2cccc(-c3ccco3)c2)cc(OCCC2OCCCO2)n1.O=C(O)C(F)(F)F. The number of halogens is 3. The lowest BCUT2D eigenvalue weighted by molar-refractivity contribution is -0.192. The summed E-state index contributed by atoms with van der Waals surface area (Å²) in [6.07, 6.45) is -0.455. The van der Waals surface area contributed by atoms with Gasteiger partial charge in [-0.3, -0.25) is 0 Å². The minimum absolute atomic E-state index is 0.205. The van der Waals surface area contributed by atoms with Crippen LogP contribution in [-0.2, 0) is 27.1 Å². The first kappa shape index (κ1) is 27.0. The molecule has 0 atom stereocenters. The number of hydrogen-bond donors (Lipinski definition) is 2. The van der Waals surface area contributed by atoms with Crippen molar-refractivity contribution in [1.82, 2.24) is 9.97 Å². The second kappa shape index (κ2) is 12.9. The highest BCUT2D eigenvalue weighted by atomic mass is 19.4. The Kier molecular flexibility index (Phi) is 9.65. The highest BCUT2D eigenvalue weighted by Crippen LogP contribution is 2.22. The van der Waals surface area contributed by atoms with Crippen LogP contribution in [0.1, 0.15) is 24.1 Å². The molecule has 36 heavy (non-hydrogen) atoms. The zero-order chi connectivity index (χ0) is 26.0. The van der Waals surface area contributed by atoms with Crippen LogP contribution in [0.15, 0.2) is 53.1 Å². The van der Waals surface area contributed by atoms with Crippen LogP contribution in [-0.4, -0.2) is 53.3 Å². The van der Waals surface area contributed by atoms with Gasteiger partial charge in [-0.05, 0) is 43.0 Å². The van der Waals surface area contributed by atoms with Gasteiger partial charge in [-0.1, -0.05) is 18.2 Å². The summed E-state index contributed by atoms with van der Waals surface area (Å²) < 4.78 is 54.0. The Morgan fingerprint density at radius 3 is 2.53 bits per heavy atom. The summed E-state index contributed by atoms with van der Waals surface area (Å²) in [4.78, 5) is 17.4. The van der Waals surface area contributed by atoms with E-state index in [4.69, 9.17) is 34.3 Å². The molecule has 0 amide bonds. The van der Waals surface area contributed by atoms with Gasteiger partial charge < -0.3 is 29.5 Å². The Hall–Kier alpha value is -3.64. The number of nitrogen functional groups attached to an aromatic ring is 1. The Labute approximate surface area is 205 Å². The van der Waals surface area contributed by atoms with Crippen LogP contribution >= 0.6 is 0 Å². The van der Waals surface area contributed by atoms with E-state index in [1.54, 1.807) is 6.26 Å². The average molecular weight is 509 g/mol. The number of carboxylic acids is 1. The zero-order valence-corrected chi connectivity index (χ0v) is 19.2. The number of nitrogens with zero attached hydrogens (tertiary/aromatic N) is 2. The number of anilines is 1. The molecule has 3 heterocycles. The van der Waals surface area contributed by atoms with Crippen molar-refractivity contribution in [3.63, 3.8) is 0 Å². The third-order valence-corrected chi connectivity index (χ3v) is 4.92. The van der Waals surface area contributed by atoms with Gasteiger partial charge in [0.1, 0.15) is 5.76 Å². The molecule has 1 aromatic carbocycles. The molecule has 1 aliphatic rings. The van der Waals surface area contributed by atoms with Crippen molar-refractivity contribution in [2.75, 3.05) is 25.6 Å². The maximum absolute atomic E-state index is 10.6. The molecule has 4 rings (SSSR count).